The lowest BCUT2D eigenvalue weighted by atomic mass is 10.1. The Morgan fingerprint density at radius 1 is 0.973 bits per heavy atom. The first kappa shape index (κ1) is 27.0. The van der Waals surface area contributed by atoms with Crippen molar-refractivity contribution < 1.29 is 27.1 Å². The number of halogens is 1. The molecule has 4 rings (SSSR count). The fourth-order valence-electron chi connectivity index (χ4n) is 4.48. The smallest absolute Gasteiger partial charge is 0.337 e. The SMILES string of the molecule is COC(=O)c1ccc(CN(C(=O)N2CCS(=O)(=O)CC2)c2ccc(CN3CCN(C)CC3)cc2)c(F)c1. The van der Waals surface area contributed by atoms with Crippen molar-refractivity contribution in [2.75, 3.05) is 69.8 Å². The van der Waals surface area contributed by atoms with Crippen LogP contribution < -0.4 is 4.90 Å². The van der Waals surface area contributed by atoms with Gasteiger partial charge < -0.3 is 14.5 Å². The molecule has 2 aliphatic rings. The van der Waals surface area contributed by atoms with Gasteiger partial charge in [-0.25, -0.2) is 22.4 Å². The highest BCUT2D eigenvalue weighted by Crippen LogP contribution is 2.24. The number of ether oxygens (including phenoxy) is 1. The van der Waals surface area contributed by atoms with E-state index in [1.807, 2.05) is 24.3 Å². The summed E-state index contributed by atoms with van der Waals surface area (Å²) in [4.78, 5) is 32.9. The second-order valence-corrected chi connectivity index (χ2v) is 11.9. The largest absolute Gasteiger partial charge is 0.465 e. The van der Waals surface area contributed by atoms with Crippen molar-refractivity contribution in [1.82, 2.24) is 14.7 Å². The van der Waals surface area contributed by atoms with Gasteiger partial charge in [-0.3, -0.25) is 9.80 Å². The average molecular weight is 533 g/mol. The van der Waals surface area contributed by atoms with Crippen LogP contribution in [0.15, 0.2) is 42.5 Å². The number of rotatable bonds is 6. The van der Waals surface area contributed by atoms with Gasteiger partial charge in [0.15, 0.2) is 9.84 Å². The Labute approximate surface area is 217 Å². The maximum Gasteiger partial charge on any atom is 0.337 e. The zero-order valence-electron chi connectivity index (χ0n) is 21.2. The van der Waals surface area contributed by atoms with E-state index >= 15 is 0 Å². The molecule has 11 heteroatoms. The lowest BCUT2D eigenvalue weighted by Gasteiger charge is -2.33. The maximum absolute atomic E-state index is 14.9. The minimum absolute atomic E-state index is 0.0762. The maximum atomic E-state index is 14.9. The lowest BCUT2D eigenvalue weighted by molar-refractivity contribution is 0.0600. The highest BCUT2D eigenvalue weighted by molar-refractivity contribution is 7.91. The molecule has 200 valence electrons. The normalized spacial score (nSPS) is 18.4. The van der Waals surface area contributed by atoms with E-state index in [0.717, 1.165) is 44.4 Å². The molecule has 2 saturated heterocycles. The van der Waals surface area contributed by atoms with E-state index in [9.17, 15) is 22.4 Å². The second-order valence-electron chi connectivity index (χ2n) is 9.55. The standard InChI is InChI=1S/C26H33FN4O5S/c1-28-9-11-29(12-10-28)18-20-3-7-23(8-4-20)31(26(33)30-13-15-37(34,35)16-14-30)19-22-6-5-21(17-24(22)27)25(32)36-2/h3-8,17H,9-16,18-19H2,1-2H3. The van der Waals surface area contributed by atoms with Gasteiger partial charge in [-0.2, -0.15) is 0 Å². The van der Waals surface area contributed by atoms with Crippen LogP contribution >= 0.6 is 0 Å². The Morgan fingerprint density at radius 3 is 2.22 bits per heavy atom. The monoisotopic (exact) mass is 532 g/mol. The summed E-state index contributed by atoms with van der Waals surface area (Å²) in [5.41, 5.74) is 2.00. The van der Waals surface area contributed by atoms with Crippen molar-refractivity contribution in [3.8, 4) is 0 Å². The van der Waals surface area contributed by atoms with Crippen LogP contribution in [0, 0.1) is 5.82 Å². The summed E-state index contributed by atoms with van der Waals surface area (Å²) in [7, 11) is 0.168. The number of carbonyl (C=O) groups is 2. The number of esters is 1. The van der Waals surface area contributed by atoms with Gasteiger partial charge in [0.05, 0.1) is 30.7 Å². The number of likely N-dealkylation sites (N-methyl/N-ethyl adjacent to an activating group) is 1. The zero-order valence-corrected chi connectivity index (χ0v) is 22.0. The Kier molecular flexibility index (Phi) is 8.46. The first-order valence-electron chi connectivity index (χ1n) is 12.3. The number of hydrogen-bond acceptors (Lipinski definition) is 7. The Morgan fingerprint density at radius 2 is 1.62 bits per heavy atom. The number of hydrogen-bond donors (Lipinski definition) is 0. The van der Waals surface area contributed by atoms with Crippen LogP contribution in [0.2, 0.25) is 0 Å². The number of sulfone groups is 1. The summed E-state index contributed by atoms with van der Waals surface area (Å²) in [6, 6.07) is 11.2. The molecule has 0 unspecified atom stereocenters. The van der Waals surface area contributed by atoms with Gasteiger partial charge >= 0.3 is 12.0 Å². The number of methoxy groups -OCH3 is 1. The second kappa shape index (κ2) is 11.6. The van der Waals surface area contributed by atoms with E-state index < -0.39 is 27.7 Å². The van der Waals surface area contributed by atoms with Crippen molar-refractivity contribution in [3.63, 3.8) is 0 Å². The predicted molar refractivity (Wildman–Crippen MR) is 139 cm³/mol. The van der Waals surface area contributed by atoms with Crippen LogP contribution in [0.4, 0.5) is 14.9 Å². The summed E-state index contributed by atoms with van der Waals surface area (Å²) in [6.45, 7) is 4.91. The molecule has 9 nitrogen and oxygen atoms in total. The summed E-state index contributed by atoms with van der Waals surface area (Å²) in [5.74, 6) is -1.48. The third kappa shape index (κ3) is 6.85. The van der Waals surface area contributed by atoms with Gasteiger partial charge in [-0.1, -0.05) is 18.2 Å². The summed E-state index contributed by atoms with van der Waals surface area (Å²) in [6.07, 6.45) is 0. The highest BCUT2D eigenvalue weighted by Gasteiger charge is 2.29. The number of nitrogens with zero attached hydrogens (tertiary/aromatic N) is 4. The number of urea groups is 1. The molecule has 2 aliphatic heterocycles. The van der Waals surface area contributed by atoms with Crippen molar-refractivity contribution in [3.05, 3.63) is 65.0 Å². The average Bonchev–Trinajstić information content (AvgIpc) is 2.89. The third-order valence-electron chi connectivity index (χ3n) is 6.90. The molecule has 0 aliphatic carbocycles. The Balaban J connectivity index is 1.55. The lowest BCUT2D eigenvalue weighted by Crippen LogP contribution is -2.49. The predicted octanol–water partition coefficient (Wildman–Crippen LogP) is 2.22. The van der Waals surface area contributed by atoms with E-state index in [4.69, 9.17) is 0 Å². The molecule has 2 aromatic rings. The van der Waals surface area contributed by atoms with Gasteiger partial charge in [0, 0.05) is 57.1 Å². The van der Waals surface area contributed by atoms with E-state index in [0.29, 0.717) is 5.69 Å². The van der Waals surface area contributed by atoms with Crippen LogP contribution in [-0.4, -0.2) is 100 Å². The first-order chi connectivity index (χ1) is 17.6. The van der Waals surface area contributed by atoms with E-state index in [2.05, 4.69) is 21.6 Å². The number of amides is 2. The molecule has 0 N–H and O–H groups in total. The minimum Gasteiger partial charge on any atom is -0.465 e. The van der Waals surface area contributed by atoms with Crippen molar-refractivity contribution >= 4 is 27.5 Å². The quantitative estimate of drug-likeness (QED) is 0.527. The van der Waals surface area contributed by atoms with Crippen molar-refractivity contribution in [2.24, 2.45) is 0 Å². The van der Waals surface area contributed by atoms with Crippen LogP contribution in [0.1, 0.15) is 21.5 Å². The fourth-order valence-corrected chi connectivity index (χ4v) is 5.68. The van der Waals surface area contributed by atoms with Crippen LogP contribution in [0.3, 0.4) is 0 Å². The molecule has 2 amide bonds. The Bertz CT molecular complexity index is 1220. The van der Waals surface area contributed by atoms with Crippen molar-refractivity contribution in [2.45, 2.75) is 13.1 Å². The molecule has 0 radical (unpaired) electrons. The molecular weight excluding hydrogens is 499 g/mol. The van der Waals surface area contributed by atoms with Crippen molar-refractivity contribution in [1.29, 1.82) is 0 Å². The van der Waals surface area contributed by atoms with Gasteiger partial charge in [-0.05, 0) is 36.9 Å². The molecule has 2 heterocycles. The van der Waals surface area contributed by atoms with E-state index in [-0.39, 0.29) is 42.3 Å². The van der Waals surface area contributed by atoms with Gasteiger partial charge in [-0.15, -0.1) is 0 Å². The number of benzene rings is 2. The van der Waals surface area contributed by atoms with Crippen LogP contribution in [0.25, 0.3) is 0 Å². The van der Waals surface area contributed by atoms with Gasteiger partial charge in [0.2, 0.25) is 0 Å². The molecule has 0 saturated carbocycles. The van der Waals surface area contributed by atoms with E-state index in [1.165, 1.54) is 29.0 Å². The number of anilines is 1. The summed E-state index contributed by atoms with van der Waals surface area (Å²) in [5, 5.41) is 0. The highest BCUT2D eigenvalue weighted by atomic mass is 32.2. The molecular formula is C26H33FN4O5S. The first-order valence-corrected chi connectivity index (χ1v) is 14.1. The molecule has 0 atom stereocenters. The topological polar surface area (TPSA) is 90.5 Å². The molecule has 0 aromatic heterocycles. The molecule has 2 aromatic carbocycles. The third-order valence-corrected chi connectivity index (χ3v) is 8.51. The van der Waals surface area contributed by atoms with Gasteiger partial charge in [0.1, 0.15) is 5.82 Å². The fraction of sp³-hybridized carbons (Fsp3) is 0.462. The molecule has 0 spiro atoms. The number of piperazine rings is 1. The van der Waals surface area contributed by atoms with Crippen LogP contribution in [-0.2, 0) is 27.7 Å². The van der Waals surface area contributed by atoms with Gasteiger partial charge in [0.25, 0.3) is 0 Å². The summed E-state index contributed by atoms with van der Waals surface area (Å²) >= 11 is 0. The van der Waals surface area contributed by atoms with E-state index in [1.54, 1.807) is 0 Å². The molecule has 37 heavy (non-hydrogen) atoms. The summed E-state index contributed by atoms with van der Waals surface area (Å²) < 4.78 is 43.3. The minimum atomic E-state index is -3.17. The number of carbonyl (C=O) groups excluding carboxylic acids is 2. The Hall–Kier alpha value is -3.02. The molecule has 0 bridgehead atoms. The van der Waals surface area contributed by atoms with Crippen LogP contribution in [0.5, 0.6) is 0 Å². The zero-order chi connectivity index (χ0) is 26.6. The molecule has 2 fully saturated rings.